The first-order chi connectivity index (χ1) is 12.4. The van der Waals surface area contributed by atoms with Gasteiger partial charge in [0.2, 0.25) is 0 Å². The quantitative estimate of drug-likeness (QED) is 0.360. The average Bonchev–Trinajstić information content (AvgIpc) is 2.64. The van der Waals surface area contributed by atoms with Gasteiger partial charge < -0.3 is 15.4 Å². The molecule has 0 atom stereocenters. The van der Waals surface area contributed by atoms with E-state index in [2.05, 4.69) is 15.6 Å². The number of ether oxygens (including phenoxy) is 1. The van der Waals surface area contributed by atoms with E-state index in [9.17, 15) is 13.2 Å². The standard InChI is InChI=1S/C19H22F3N3O.HI/c1-23-18(24-11-10-15-7-3-4-9-17(15)26-2)25-13-14-6-5-8-16(12-14)19(20,21)22;/h3-9,12H,10-11,13H2,1-2H3,(H2,23,24,25);1H. The summed E-state index contributed by atoms with van der Waals surface area (Å²) < 4.78 is 43.6. The fourth-order valence-corrected chi connectivity index (χ4v) is 2.49. The molecule has 0 saturated carbocycles. The molecule has 0 saturated heterocycles. The van der Waals surface area contributed by atoms with Crippen molar-refractivity contribution in [2.75, 3.05) is 20.7 Å². The normalized spacial score (nSPS) is 11.5. The minimum atomic E-state index is -4.34. The molecule has 0 bridgehead atoms. The van der Waals surface area contributed by atoms with Gasteiger partial charge in [-0.25, -0.2) is 0 Å². The number of rotatable bonds is 6. The number of para-hydroxylation sites is 1. The number of guanidine groups is 1. The zero-order chi connectivity index (χ0) is 19.0. The highest BCUT2D eigenvalue weighted by atomic mass is 127. The smallest absolute Gasteiger partial charge is 0.416 e. The molecule has 0 radical (unpaired) electrons. The largest absolute Gasteiger partial charge is 0.496 e. The van der Waals surface area contributed by atoms with Crippen LogP contribution in [0.5, 0.6) is 5.75 Å². The molecule has 8 heteroatoms. The third kappa shape index (κ3) is 7.28. The van der Waals surface area contributed by atoms with Crippen molar-refractivity contribution in [3.05, 3.63) is 65.2 Å². The second-order valence-corrected chi connectivity index (χ2v) is 5.61. The second kappa shape index (κ2) is 11.0. The monoisotopic (exact) mass is 493 g/mol. The van der Waals surface area contributed by atoms with E-state index in [0.29, 0.717) is 18.1 Å². The molecule has 0 amide bonds. The summed E-state index contributed by atoms with van der Waals surface area (Å²) in [6, 6.07) is 13.0. The van der Waals surface area contributed by atoms with Crippen LogP contribution < -0.4 is 15.4 Å². The number of nitrogens with one attached hydrogen (secondary N) is 2. The van der Waals surface area contributed by atoms with Crippen LogP contribution in [0.2, 0.25) is 0 Å². The molecule has 0 heterocycles. The van der Waals surface area contributed by atoms with Crippen LogP contribution in [0.25, 0.3) is 0 Å². The van der Waals surface area contributed by atoms with Crippen molar-refractivity contribution < 1.29 is 17.9 Å². The second-order valence-electron chi connectivity index (χ2n) is 5.61. The first-order valence-corrected chi connectivity index (χ1v) is 8.16. The summed E-state index contributed by atoms with van der Waals surface area (Å²) in [5.74, 6) is 1.35. The molecule has 0 spiro atoms. The fraction of sp³-hybridized carbons (Fsp3) is 0.316. The summed E-state index contributed by atoms with van der Waals surface area (Å²) in [4.78, 5) is 4.09. The van der Waals surface area contributed by atoms with Crippen molar-refractivity contribution in [3.8, 4) is 5.75 Å². The summed E-state index contributed by atoms with van der Waals surface area (Å²) in [6.07, 6.45) is -3.61. The Morgan fingerprint density at radius 2 is 1.81 bits per heavy atom. The Labute approximate surface area is 174 Å². The van der Waals surface area contributed by atoms with E-state index in [1.165, 1.54) is 6.07 Å². The van der Waals surface area contributed by atoms with Gasteiger partial charge in [-0.1, -0.05) is 30.3 Å². The zero-order valence-electron chi connectivity index (χ0n) is 15.1. The molecule has 27 heavy (non-hydrogen) atoms. The third-order valence-electron chi connectivity index (χ3n) is 3.82. The first kappa shape index (κ1) is 23.1. The van der Waals surface area contributed by atoms with Crippen LogP contribution in [0.15, 0.2) is 53.5 Å². The Kier molecular flexibility index (Phi) is 9.40. The predicted molar refractivity (Wildman–Crippen MR) is 112 cm³/mol. The number of aliphatic imine (C=N–C) groups is 1. The Morgan fingerprint density at radius 3 is 2.48 bits per heavy atom. The van der Waals surface area contributed by atoms with E-state index in [1.54, 1.807) is 20.2 Å². The Bertz CT molecular complexity index is 751. The van der Waals surface area contributed by atoms with Gasteiger partial charge in [0.1, 0.15) is 5.75 Å². The van der Waals surface area contributed by atoms with Gasteiger partial charge >= 0.3 is 6.18 Å². The molecule has 0 aliphatic carbocycles. The van der Waals surface area contributed by atoms with Gasteiger partial charge in [-0.05, 0) is 35.7 Å². The van der Waals surface area contributed by atoms with Crippen LogP contribution in [0.1, 0.15) is 16.7 Å². The number of methoxy groups -OCH3 is 1. The van der Waals surface area contributed by atoms with Crippen molar-refractivity contribution in [2.45, 2.75) is 19.1 Å². The van der Waals surface area contributed by atoms with E-state index in [1.807, 2.05) is 24.3 Å². The summed E-state index contributed by atoms with van der Waals surface area (Å²) >= 11 is 0. The van der Waals surface area contributed by atoms with Gasteiger partial charge in [0.25, 0.3) is 0 Å². The number of halogens is 4. The van der Waals surface area contributed by atoms with Crippen LogP contribution in [-0.4, -0.2) is 26.7 Å². The summed E-state index contributed by atoms with van der Waals surface area (Å²) in [7, 11) is 3.24. The molecule has 4 nitrogen and oxygen atoms in total. The highest BCUT2D eigenvalue weighted by molar-refractivity contribution is 14.0. The maximum absolute atomic E-state index is 12.8. The molecule has 2 aromatic carbocycles. The van der Waals surface area contributed by atoms with Crippen LogP contribution in [0.4, 0.5) is 13.2 Å². The van der Waals surface area contributed by atoms with Crippen LogP contribution in [-0.2, 0) is 19.1 Å². The van der Waals surface area contributed by atoms with Gasteiger partial charge in [0.05, 0.1) is 12.7 Å². The molecular formula is C19H23F3IN3O. The number of hydrogen-bond acceptors (Lipinski definition) is 2. The lowest BCUT2D eigenvalue weighted by Gasteiger charge is -2.14. The van der Waals surface area contributed by atoms with Crippen LogP contribution >= 0.6 is 24.0 Å². The predicted octanol–water partition coefficient (Wildman–Crippen LogP) is 4.24. The topological polar surface area (TPSA) is 45.7 Å². The molecule has 0 fully saturated rings. The van der Waals surface area contributed by atoms with Crippen molar-refractivity contribution in [3.63, 3.8) is 0 Å². The maximum atomic E-state index is 12.8. The van der Waals surface area contributed by atoms with E-state index in [0.717, 1.165) is 29.9 Å². The highest BCUT2D eigenvalue weighted by Crippen LogP contribution is 2.29. The third-order valence-corrected chi connectivity index (χ3v) is 3.82. The van der Waals surface area contributed by atoms with E-state index >= 15 is 0 Å². The van der Waals surface area contributed by atoms with Gasteiger partial charge in [0, 0.05) is 20.1 Å². The molecular weight excluding hydrogens is 470 g/mol. The summed E-state index contributed by atoms with van der Waals surface area (Å²) in [5.41, 5.74) is 0.944. The Balaban J connectivity index is 0.00000364. The van der Waals surface area contributed by atoms with Crippen LogP contribution in [0.3, 0.4) is 0 Å². The van der Waals surface area contributed by atoms with Crippen molar-refractivity contribution >= 4 is 29.9 Å². The molecule has 0 aromatic heterocycles. The number of alkyl halides is 3. The molecule has 0 aliphatic rings. The fourth-order valence-electron chi connectivity index (χ4n) is 2.49. The molecule has 2 rings (SSSR count). The van der Waals surface area contributed by atoms with E-state index in [4.69, 9.17) is 4.74 Å². The van der Waals surface area contributed by atoms with Crippen molar-refractivity contribution in [2.24, 2.45) is 4.99 Å². The molecule has 0 aliphatic heterocycles. The van der Waals surface area contributed by atoms with Gasteiger partial charge in [0.15, 0.2) is 5.96 Å². The SMILES string of the molecule is CN=C(NCCc1ccccc1OC)NCc1cccc(C(F)(F)F)c1.I. The molecule has 0 unspecified atom stereocenters. The van der Waals surface area contributed by atoms with Gasteiger partial charge in [-0.2, -0.15) is 13.2 Å². The first-order valence-electron chi connectivity index (χ1n) is 8.16. The molecule has 2 aromatic rings. The minimum Gasteiger partial charge on any atom is -0.496 e. The van der Waals surface area contributed by atoms with Crippen molar-refractivity contribution in [1.29, 1.82) is 0 Å². The number of nitrogens with zero attached hydrogens (tertiary/aromatic N) is 1. The van der Waals surface area contributed by atoms with E-state index in [-0.39, 0.29) is 30.5 Å². The lowest BCUT2D eigenvalue weighted by Crippen LogP contribution is -2.37. The Hall–Kier alpha value is -1.97. The van der Waals surface area contributed by atoms with Gasteiger partial charge in [-0.15, -0.1) is 24.0 Å². The zero-order valence-corrected chi connectivity index (χ0v) is 17.5. The average molecular weight is 493 g/mol. The lowest BCUT2D eigenvalue weighted by atomic mass is 10.1. The minimum absolute atomic E-state index is 0. The summed E-state index contributed by atoms with van der Waals surface area (Å²) in [5, 5.41) is 6.16. The lowest BCUT2D eigenvalue weighted by molar-refractivity contribution is -0.137. The van der Waals surface area contributed by atoms with Gasteiger partial charge in [-0.3, -0.25) is 4.99 Å². The summed E-state index contributed by atoms with van der Waals surface area (Å²) in [6.45, 7) is 0.862. The molecule has 2 N–H and O–H groups in total. The van der Waals surface area contributed by atoms with E-state index < -0.39 is 11.7 Å². The maximum Gasteiger partial charge on any atom is 0.416 e. The molecule has 148 valence electrons. The highest BCUT2D eigenvalue weighted by Gasteiger charge is 2.30. The van der Waals surface area contributed by atoms with Crippen LogP contribution in [0, 0.1) is 0 Å². The Morgan fingerprint density at radius 1 is 1.07 bits per heavy atom. The number of hydrogen-bond donors (Lipinski definition) is 2. The van der Waals surface area contributed by atoms with Crippen molar-refractivity contribution in [1.82, 2.24) is 10.6 Å². The number of benzene rings is 2.